The number of H-pyrrole nitrogens is 1. The number of hydrogen-bond donors (Lipinski definition) is 2. The molecule has 1 aromatic heterocycles. The quantitative estimate of drug-likeness (QED) is 0.734. The van der Waals surface area contributed by atoms with Crippen LogP contribution >= 0.6 is 0 Å². The Hall–Kier alpha value is -3.15. The van der Waals surface area contributed by atoms with Gasteiger partial charge in [-0.15, -0.1) is 0 Å². The highest BCUT2D eigenvalue weighted by atomic mass is 16.2. The van der Waals surface area contributed by atoms with Crippen LogP contribution in [0.25, 0.3) is 11.4 Å². The predicted octanol–water partition coefficient (Wildman–Crippen LogP) is 4.19. The Morgan fingerprint density at radius 3 is 2.59 bits per heavy atom. The van der Waals surface area contributed by atoms with Crippen molar-refractivity contribution in [2.45, 2.75) is 25.7 Å². The molecule has 0 saturated carbocycles. The van der Waals surface area contributed by atoms with Crippen molar-refractivity contribution in [1.82, 2.24) is 20.1 Å². The number of aryl methyl sites for hydroxylation is 1. The normalized spacial score (nSPS) is 14.9. The number of urea groups is 1. The number of anilines is 1. The number of rotatable bonds is 3. The Morgan fingerprint density at radius 1 is 1.11 bits per heavy atom. The predicted molar refractivity (Wildman–Crippen MR) is 106 cm³/mol. The zero-order valence-corrected chi connectivity index (χ0v) is 15.4. The fourth-order valence-corrected chi connectivity index (χ4v) is 3.55. The highest BCUT2D eigenvalue weighted by molar-refractivity contribution is 5.90. The first-order chi connectivity index (χ1) is 13.2. The number of piperidine rings is 1. The zero-order chi connectivity index (χ0) is 18.6. The summed E-state index contributed by atoms with van der Waals surface area (Å²) in [6.07, 6.45) is 1.99. The van der Waals surface area contributed by atoms with Crippen LogP contribution in [0, 0.1) is 6.92 Å². The molecule has 0 spiro atoms. The molecule has 1 fully saturated rings. The fraction of sp³-hybridized carbons (Fsp3) is 0.286. The molecule has 0 aliphatic carbocycles. The van der Waals surface area contributed by atoms with Gasteiger partial charge in [0.2, 0.25) is 0 Å². The van der Waals surface area contributed by atoms with Crippen molar-refractivity contribution in [3.8, 4) is 11.4 Å². The summed E-state index contributed by atoms with van der Waals surface area (Å²) in [6, 6.07) is 18.1. The van der Waals surface area contributed by atoms with Crippen LogP contribution in [0.3, 0.4) is 0 Å². The van der Waals surface area contributed by atoms with Crippen LogP contribution in [0.15, 0.2) is 54.6 Å². The van der Waals surface area contributed by atoms with Crippen molar-refractivity contribution in [2.75, 3.05) is 18.4 Å². The van der Waals surface area contributed by atoms with Crippen LogP contribution < -0.4 is 5.32 Å². The smallest absolute Gasteiger partial charge is 0.321 e. The van der Waals surface area contributed by atoms with Gasteiger partial charge in [0.1, 0.15) is 5.82 Å². The van der Waals surface area contributed by atoms with Crippen molar-refractivity contribution in [2.24, 2.45) is 0 Å². The van der Waals surface area contributed by atoms with E-state index in [1.807, 2.05) is 42.2 Å². The second-order valence-corrected chi connectivity index (χ2v) is 6.93. The zero-order valence-electron chi connectivity index (χ0n) is 15.4. The summed E-state index contributed by atoms with van der Waals surface area (Å²) in [5.74, 6) is 1.93. The van der Waals surface area contributed by atoms with Crippen molar-refractivity contribution in [3.05, 3.63) is 66.0 Å². The topological polar surface area (TPSA) is 73.9 Å². The van der Waals surface area contributed by atoms with Gasteiger partial charge in [0.15, 0.2) is 5.82 Å². The van der Waals surface area contributed by atoms with Crippen LogP contribution in [0.4, 0.5) is 10.5 Å². The Labute approximate surface area is 158 Å². The van der Waals surface area contributed by atoms with E-state index in [2.05, 4.69) is 44.8 Å². The lowest BCUT2D eigenvalue weighted by molar-refractivity contribution is 0.194. The number of aromatic nitrogens is 3. The number of hydrogen-bond acceptors (Lipinski definition) is 3. The minimum atomic E-state index is -0.0511. The maximum atomic E-state index is 12.6. The van der Waals surface area contributed by atoms with Crippen LogP contribution in [-0.4, -0.2) is 39.2 Å². The average Bonchev–Trinajstić information content (AvgIpc) is 3.15. The number of carbonyl (C=O) groups is 1. The molecule has 6 heteroatoms. The minimum Gasteiger partial charge on any atom is -0.324 e. The number of benzene rings is 2. The Bertz CT molecular complexity index is 913. The molecule has 3 aromatic rings. The Balaban J connectivity index is 1.37. The van der Waals surface area contributed by atoms with Crippen LogP contribution in [0.5, 0.6) is 0 Å². The fourth-order valence-electron chi connectivity index (χ4n) is 3.55. The van der Waals surface area contributed by atoms with E-state index in [4.69, 9.17) is 0 Å². The Kier molecular flexibility index (Phi) is 4.87. The molecular formula is C21H23N5O. The van der Waals surface area contributed by atoms with Gasteiger partial charge in [0.05, 0.1) is 0 Å². The third-order valence-electron chi connectivity index (χ3n) is 5.02. The van der Waals surface area contributed by atoms with Crippen LogP contribution in [0.2, 0.25) is 0 Å². The van der Waals surface area contributed by atoms with Gasteiger partial charge in [-0.3, -0.25) is 5.10 Å². The number of likely N-dealkylation sites (tertiary alicyclic amines) is 1. The number of nitrogens with one attached hydrogen (secondary N) is 2. The van der Waals surface area contributed by atoms with Crippen molar-refractivity contribution in [1.29, 1.82) is 0 Å². The average molecular weight is 361 g/mol. The molecule has 1 saturated heterocycles. The third kappa shape index (κ3) is 4.00. The number of aromatic amines is 1. The van der Waals surface area contributed by atoms with E-state index in [0.717, 1.165) is 43.0 Å². The molecule has 138 valence electrons. The summed E-state index contributed by atoms with van der Waals surface area (Å²) in [6.45, 7) is 3.40. The number of carbonyl (C=O) groups excluding carboxylic acids is 1. The lowest BCUT2D eigenvalue weighted by atomic mass is 9.90. The molecule has 27 heavy (non-hydrogen) atoms. The molecule has 2 aromatic carbocycles. The van der Waals surface area contributed by atoms with E-state index in [-0.39, 0.29) is 6.03 Å². The van der Waals surface area contributed by atoms with E-state index in [0.29, 0.717) is 11.7 Å². The third-order valence-corrected chi connectivity index (χ3v) is 5.02. The molecule has 0 atom stereocenters. The molecule has 6 nitrogen and oxygen atoms in total. The van der Waals surface area contributed by atoms with Gasteiger partial charge in [-0.25, -0.2) is 9.78 Å². The summed E-state index contributed by atoms with van der Waals surface area (Å²) in [5.41, 5.74) is 3.00. The molecule has 2 amide bonds. The van der Waals surface area contributed by atoms with Crippen molar-refractivity contribution < 1.29 is 4.79 Å². The maximum absolute atomic E-state index is 12.6. The standard InChI is InChI=1S/C21H23N5O/c1-15-22-20(25-24-15)18-8-5-9-19(14-18)23-21(27)26-12-10-17(11-13-26)16-6-3-2-4-7-16/h2-9,14,17H,10-13H2,1H3,(H,23,27)(H,22,24,25). The molecule has 2 N–H and O–H groups in total. The number of amides is 2. The SMILES string of the molecule is Cc1nc(-c2cccc(NC(=O)N3CCC(c4ccccc4)CC3)c2)n[nH]1. The molecule has 1 aliphatic rings. The lowest BCUT2D eigenvalue weighted by Gasteiger charge is -2.32. The maximum Gasteiger partial charge on any atom is 0.321 e. The first-order valence-electron chi connectivity index (χ1n) is 9.29. The van der Waals surface area contributed by atoms with Gasteiger partial charge in [0, 0.05) is 24.3 Å². The van der Waals surface area contributed by atoms with Gasteiger partial charge in [-0.2, -0.15) is 5.10 Å². The summed E-state index contributed by atoms with van der Waals surface area (Å²) < 4.78 is 0. The summed E-state index contributed by atoms with van der Waals surface area (Å²) in [4.78, 5) is 18.9. The number of nitrogens with zero attached hydrogens (tertiary/aromatic N) is 3. The molecule has 4 rings (SSSR count). The molecule has 0 radical (unpaired) electrons. The van der Waals surface area contributed by atoms with E-state index >= 15 is 0 Å². The summed E-state index contributed by atoms with van der Waals surface area (Å²) in [7, 11) is 0. The minimum absolute atomic E-state index is 0.0511. The van der Waals surface area contributed by atoms with Crippen LogP contribution in [-0.2, 0) is 0 Å². The summed E-state index contributed by atoms with van der Waals surface area (Å²) >= 11 is 0. The van der Waals surface area contributed by atoms with E-state index in [1.165, 1.54) is 5.56 Å². The molecule has 1 aliphatic heterocycles. The Morgan fingerprint density at radius 2 is 1.89 bits per heavy atom. The van der Waals surface area contributed by atoms with Crippen molar-refractivity contribution >= 4 is 11.7 Å². The van der Waals surface area contributed by atoms with E-state index in [9.17, 15) is 4.79 Å². The van der Waals surface area contributed by atoms with Gasteiger partial charge in [-0.1, -0.05) is 42.5 Å². The van der Waals surface area contributed by atoms with Gasteiger partial charge in [-0.05, 0) is 43.4 Å². The van der Waals surface area contributed by atoms with Gasteiger partial charge >= 0.3 is 6.03 Å². The highest BCUT2D eigenvalue weighted by Crippen LogP contribution is 2.28. The highest BCUT2D eigenvalue weighted by Gasteiger charge is 2.23. The first-order valence-corrected chi connectivity index (χ1v) is 9.29. The molecule has 0 unspecified atom stereocenters. The second-order valence-electron chi connectivity index (χ2n) is 6.93. The van der Waals surface area contributed by atoms with E-state index < -0.39 is 0 Å². The largest absolute Gasteiger partial charge is 0.324 e. The molecular weight excluding hydrogens is 338 g/mol. The summed E-state index contributed by atoms with van der Waals surface area (Å²) in [5, 5.41) is 10.0. The first kappa shape index (κ1) is 17.3. The lowest BCUT2D eigenvalue weighted by Crippen LogP contribution is -2.40. The van der Waals surface area contributed by atoms with Crippen molar-refractivity contribution in [3.63, 3.8) is 0 Å². The molecule has 2 heterocycles. The van der Waals surface area contributed by atoms with Gasteiger partial charge < -0.3 is 10.2 Å². The second kappa shape index (κ2) is 7.61. The van der Waals surface area contributed by atoms with Crippen LogP contribution in [0.1, 0.15) is 30.1 Å². The van der Waals surface area contributed by atoms with Gasteiger partial charge in [0.25, 0.3) is 0 Å². The van der Waals surface area contributed by atoms with E-state index in [1.54, 1.807) is 0 Å². The molecule has 0 bridgehead atoms. The monoisotopic (exact) mass is 361 g/mol.